The smallest absolute Gasteiger partial charge is 0.203 e. The van der Waals surface area contributed by atoms with Gasteiger partial charge in [-0.25, -0.2) is 4.58 Å². The molecule has 1 heterocycles. The number of aromatic carboxylic acids is 1. The summed E-state index contributed by atoms with van der Waals surface area (Å²) in [6, 6.07) is 17.6. The normalized spacial score (nSPS) is 11.2. The lowest BCUT2D eigenvalue weighted by Gasteiger charge is -2.24. The highest BCUT2D eigenvalue weighted by Gasteiger charge is 2.21. The molecule has 0 saturated carbocycles. The molecule has 0 unspecified atom stereocenters. The lowest BCUT2D eigenvalue weighted by atomic mass is 9.90. The van der Waals surface area contributed by atoms with Crippen LogP contribution in [-0.2, 0) is 0 Å². The number of anilines is 1. The van der Waals surface area contributed by atoms with Gasteiger partial charge in [0.05, 0.1) is 25.2 Å². The lowest BCUT2D eigenvalue weighted by Crippen LogP contribution is -2.34. The summed E-state index contributed by atoms with van der Waals surface area (Å²) in [7, 11) is 0. The number of carbonyl (C=O) groups is 1. The summed E-state index contributed by atoms with van der Waals surface area (Å²) in [6.45, 7) is 0.919. The predicted octanol–water partition coefficient (Wildman–Crippen LogP) is 0.116. The van der Waals surface area contributed by atoms with Gasteiger partial charge in [-0.2, -0.15) is 0 Å². The Hall–Kier alpha value is -3.76. The second-order valence-corrected chi connectivity index (χ2v) is 8.54. The first-order chi connectivity index (χ1) is 18.0. The number of rotatable bonds is 11. The van der Waals surface area contributed by atoms with Gasteiger partial charge < -0.3 is 39.6 Å². The second kappa shape index (κ2) is 12.0. The van der Waals surface area contributed by atoms with Gasteiger partial charge in [0.25, 0.3) is 0 Å². The van der Waals surface area contributed by atoms with Crippen molar-refractivity contribution in [1.82, 2.24) is 4.58 Å². The highest BCUT2D eigenvalue weighted by Crippen LogP contribution is 2.41. The maximum Gasteiger partial charge on any atom is 0.203 e. The standard InChI is InChI=1S/C28H30N2O7/c31-13-9-29(10-14-32)19-5-7-23-25(17-19)37-26-18-20(30(11-15-33)12-16-34)6-8-24(26)27(23)21-3-1-2-4-22(21)28(35)36/h1-8,17-18,31-34H,9-16H2. The molecular weight excluding hydrogens is 476 g/mol. The molecule has 0 bridgehead atoms. The molecule has 0 aromatic heterocycles. The van der Waals surface area contributed by atoms with Gasteiger partial charge >= 0.3 is 0 Å². The van der Waals surface area contributed by atoms with E-state index in [9.17, 15) is 30.3 Å². The van der Waals surface area contributed by atoms with Crippen LogP contribution in [0.2, 0.25) is 0 Å². The van der Waals surface area contributed by atoms with Crippen LogP contribution in [0.4, 0.5) is 5.69 Å². The van der Waals surface area contributed by atoms with E-state index >= 15 is 0 Å². The number of hydrogen-bond donors (Lipinski definition) is 4. The van der Waals surface area contributed by atoms with Crippen molar-refractivity contribution in [3.63, 3.8) is 0 Å². The van der Waals surface area contributed by atoms with E-state index in [0.29, 0.717) is 59.6 Å². The van der Waals surface area contributed by atoms with Gasteiger partial charge in [0.1, 0.15) is 24.6 Å². The van der Waals surface area contributed by atoms with Gasteiger partial charge in [0.2, 0.25) is 5.36 Å². The molecule has 1 aliphatic carbocycles. The summed E-state index contributed by atoms with van der Waals surface area (Å²) in [5, 5.41) is 51.3. The summed E-state index contributed by atoms with van der Waals surface area (Å²) in [4.78, 5) is 13.8. The number of aliphatic hydroxyl groups excluding tert-OH is 4. The highest BCUT2D eigenvalue weighted by atomic mass is 16.4. The average Bonchev–Trinajstić information content (AvgIpc) is 2.91. The first-order valence-electron chi connectivity index (χ1n) is 12.1. The minimum atomic E-state index is -1.29. The number of fused-ring (bicyclic) bond motifs is 2. The molecule has 194 valence electrons. The van der Waals surface area contributed by atoms with Gasteiger partial charge in [-0.05, 0) is 23.8 Å². The van der Waals surface area contributed by atoms with Crippen molar-refractivity contribution in [3.8, 4) is 22.5 Å². The van der Waals surface area contributed by atoms with Crippen LogP contribution >= 0.6 is 0 Å². The van der Waals surface area contributed by atoms with E-state index in [-0.39, 0.29) is 32.0 Å². The number of carbonyl (C=O) groups excluding carboxylic acids is 1. The molecular formula is C28H30N2O7. The fourth-order valence-corrected chi connectivity index (χ4v) is 4.65. The number of carboxylic acids is 1. The zero-order valence-electron chi connectivity index (χ0n) is 20.3. The molecule has 9 heteroatoms. The van der Waals surface area contributed by atoms with Crippen molar-refractivity contribution in [1.29, 1.82) is 0 Å². The molecule has 0 fully saturated rings. The predicted molar refractivity (Wildman–Crippen MR) is 138 cm³/mol. The fraction of sp³-hybridized carbons (Fsp3) is 0.286. The van der Waals surface area contributed by atoms with Crippen molar-refractivity contribution in [2.45, 2.75) is 0 Å². The third kappa shape index (κ3) is 5.50. The Labute approximate surface area is 213 Å². The van der Waals surface area contributed by atoms with Crippen LogP contribution in [-0.4, -0.2) is 79.0 Å². The van der Waals surface area contributed by atoms with Crippen LogP contribution in [0, 0.1) is 0 Å². The SMILES string of the molecule is O=C([O-])c1ccccc1-c1c2ccc(=[N+](CCO)CCO)cc-2oc2cc(N(CCO)CCO)ccc12. The molecule has 0 saturated heterocycles. The van der Waals surface area contributed by atoms with Gasteiger partial charge in [0.15, 0.2) is 13.1 Å². The Morgan fingerprint density at radius 1 is 0.838 bits per heavy atom. The molecule has 4 rings (SSSR count). The summed E-state index contributed by atoms with van der Waals surface area (Å²) in [6.07, 6.45) is 0. The second-order valence-electron chi connectivity index (χ2n) is 8.54. The van der Waals surface area contributed by atoms with Gasteiger partial charge in [-0.3, -0.25) is 0 Å². The molecule has 1 aliphatic heterocycles. The number of aliphatic hydroxyl groups is 4. The third-order valence-electron chi connectivity index (χ3n) is 6.32. The molecule has 0 radical (unpaired) electrons. The molecule has 0 amide bonds. The zero-order chi connectivity index (χ0) is 26.4. The molecule has 0 atom stereocenters. The van der Waals surface area contributed by atoms with Crippen molar-refractivity contribution in [2.24, 2.45) is 0 Å². The monoisotopic (exact) mass is 506 g/mol. The van der Waals surface area contributed by atoms with Gasteiger partial charge in [0, 0.05) is 53.0 Å². The number of hydrogen-bond acceptors (Lipinski definition) is 8. The van der Waals surface area contributed by atoms with E-state index in [1.54, 1.807) is 30.3 Å². The molecule has 37 heavy (non-hydrogen) atoms. The molecule has 4 N–H and O–H groups in total. The van der Waals surface area contributed by atoms with E-state index in [2.05, 4.69) is 0 Å². The maximum atomic E-state index is 12.0. The highest BCUT2D eigenvalue weighted by molar-refractivity contribution is 6.07. The van der Waals surface area contributed by atoms with E-state index < -0.39 is 5.97 Å². The largest absolute Gasteiger partial charge is 0.545 e. The van der Waals surface area contributed by atoms with Crippen LogP contribution in [0.1, 0.15) is 10.4 Å². The van der Waals surface area contributed by atoms with Crippen LogP contribution in [0.25, 0.3) is 33.4 Å². The van der Waals surface area contributed by atoms with Crippen molar-refractivity contribution in [3.05, 3.63) is 71.6 Å². The van der Waals surface area contributed by atoms with Crippen LogP contribution < -0.4 is 19.9 Å². The quantitative estimate of drug-likeness (QED) is 0.166. The molecule has 9 nitrogen and oxygen atoms in total. The Morgan fingerprint density at radius 3 is 2.19 bits per heavy atom. The minimum absolute atomic E-state index is 0.0498. The molecule has 0 spiro atoms. The first kappa shape index (κ1) is 26.3. The number of carboxylic acid groups (broad SMARTS) is 1. The molecule has 2 aromatic rings. The lowest BCUT2D eigenvalue weighted by molar-refractivity contribution is -0.254. The summed E-state index contributed by atoms with van der Waals surface area (Å²) >= 11 is 0. The Bertz CT molecular complexity index is 1420. The van der Waals surface area contributed by atoms with E-state index in [1.807, 2.05) is 33.7 Å². The van der Waals surface area contributed by atoms with Crippen molar-refractivity contribution in [2.75, 3.05) is 57.5 Å². The number of nitrogens with zero attached hydrogens (tertiary/aromatic N) is 2. The minimum Gasteiger partial charge on any atom is -0.545 e. The van der Waals surface area contributed by atoms with Crippen molar-refractivity contribution >= 4 is 22.6 Å². The topological polar surface area (TPSA) is 140 Å². The van der Waals surface area contributed by atoms with Gasteiger partial charge in [-0.1, -0.05) is 24.3 Å². The Balaban J connectivity index is 2.07. The zero-order valence-corrected chi connectivity index (χ0v) is 20.3. The van der Waals surface area contributed by atoms with Crippen LogP contribution in [0.5, 0.6) is 0 Å². The first-order valence-corrected chi connectivity index (χ1v) is 12.1. The summed E-state index contributed by atoms with van der Waals surface area (Å²) in [5.74, 6) is -0.804. The Kier molecular flexibility index (Phi) is 8.52. The number of benzene rings is 3. The fourth-order valence-electron chi connectivity index (χ4n) is 4.65. The van der Waals surface area contributed by atoms with Crippen molar-refractivity contribution < 1.29 is 34.7 Å². The molecule has 2 aliphatic rings. The Morgan fingerprint density at radius 2 is 1.54 bits per heavy atom. The maximum absolute atomic E-state index is 12.0. The van der Waals surface area contributed by atoms with Crippen LogP contribution in [0.3, 0.4) is 0 Å². The summed E-state index contributed by atoms with van der Waals surface area (Å²) < 4.78 is 8.16. The van der Waals surface area contributed by atoms with E-state index in [4.69, 9.17) is 4.42 Å². The third-order valence-corrected chi connectivity index (χ3v) is 6.32. The molecule has 2 aromatic carbocycles. The average molecular weight is 507 g/mol. The van der Waals surface area contributed by atoms with E-state index in [1.165, 1.54) is 6.07 Å². The van der Waals surface area contributed by atoms with E-state index in [0.717, 1.165) is 11.0 Å². The van der Waals surface area contributed by atoms with Gasteiger partial charge in [-0.15, -0.1) is 0 Å². The van der Waals surface area contributed by atoms with Crippen LogP contribution in [0.15, 0.2) is 65.1 Å². The summed E-state index contributed by atoms with van der Waals surface area (Å²) in [5.41, 5.74) is 3.11.